The lowest BCUT2D eigenvalue weighted by Gasteiger charge is -2.22. The molecule has 108 valence electrons. The van der Waals surface area contributed by atoms with Crippen molar-refractivity contribution in [3.8, 4) is 5.75 Å². The van der Waals surface area contributed by atoms with E-state index in [4.69, 9.17) is 4.74 Å². The van der Waals surface area contributed by atoms with E-state index >= 15 is 0 Å². The van der Waals surface area contributed by atoms with Crippen LogP contribution in [0.4, 0.5) is 0 Å². The molecular formula is C17H24N2O. The van der Waals surface area contributed by atoms with Gasteiger partial charge in [-0.1, -0.05) is 18.6 Å². The number of ether oxygens (including phenoxy) is 1. The summed E-state index contributed by atoms with van der Waals surface area (Å²) in [6, 6.07) is 2.63. The zero-order valence-electron chi connectivity index (χ0n) is 12.1. The van der Waals surface area contributed by atoms with Gasteiger partial charge in [0.1, 0.15) is 5.75 Å². The largest absolute Gasteiger partial charge is 0.489 e. The molecule has 0 amide bonds. The van der Waals surface area contributed by atoms with Crippen LogP contribution in [0.1, 0.15) is 50.5 Å². The minimum atomic E-state index is 0.390. The SMILES string of the molecule is C(=C[C@H]1CCCN1)c1cncc(OC2CCCCC2)c1. The lowest BCUT2D eigenvalue weighted by atomic mass is 9.98. The molecule has 1 atom stereocenters. The van der Waals surface area contributed by atoms with Crippen molar-refractivity contribution in [3.63, 3.8) is 0 Å². The topological polar surface area (TPSA) is 34.2 Å². The molecule has 2 heterocycles. The highest BCUT2D eigenvalue weighted by atomic mass is 16.5. The van der Waals surface area contributed by atoms with Crippen LogP contribution in [0.5, 0.6) is 5.75 Å². The molecule has 1 aromatic rings. The van der Waals surface area contributed by atoms with Gasteiger partial charge in [-0.2, -0.15) is 0 Å². The third kappa shape index (κ3) is 3.83. The van der Waals surface area contributed by atoms with E-state index in [-0.39, 0.29) is 0 Å². The Morgan fingerprint density at radius 3 is 2.80 bits per heavy atom. The molecule has 0 radical (unpaired) electrons. The molecule has 1 aliphatic carbocycles. The van der Waals surface area contributed by atoms with Crippen molar-refractivity contribution in [2.75, 3.05) is 6.54 Å². The lowest BCUT2D eigenvalue weighted by molar-refractivity contribution is 0.154. The highest BCUT2D eigenvalue weighted by Crippen LogP contribution is 2.23. The first-order valence-corrected chi connectivity index (χ1v) is 7.93. The van der Waals surface area contributed by atoms with Gasteiger partial charge in [0.25, 0.3) is 0 Å². The number of nitrogens with zero attached hydrogens (tertiary/aromatic N) is 1. The second-order valence-corrected chi connectivity index (χ2v) is 5.89. The Hall–Kier alpha value is -1.35. The van der Waals surface area contributed by atoms with Crippen LogP contribution < -0.4 is 10.1 Å². The Labute approximate surface area is 121 Å². The number of pyridine rings is 1. The summed E-state index contributed by atoms with van der Waals surface area (Å²) in [5.41, 5.74) is 1.13. The lowest BCUT2D eigenvalue weighted by Crippen LogP contribution is -2.19. The first-order valence-electron chi connectivity index (χ1n) is 7.93. The molecule has 2 aliphatic rings. The maximum absolute atomic E-state index is 6.06. The van der Waals surface area contributed by atoms with E-state index < -0.39 is 0 Å². The summed E-state index contributed by atoms with van der Waals surface area (Å²) < 4.78 is 6.06. The minimum absolute atomic E-state index is 0.390. The summed E-state index contributed by atoms with van der Waals surface area (Å²) in [7, 11) is 0. The van der Waals surface area contributed by atoms with Crippen molar-refractivity contribution in [2.24, 2.45) is 0 Å². The Balaban J connectivity index is 1.59. The standard InChI is InChI=1S/C17H24N2O/c1-2-6-16(7-3-1)20-17-11-14(12-18-13-17)8-9-15-5-4-10-19-15/h8-9,11-13,15-16,19H,1-7,10H2/t15-/m1/s1. The second-order valence-electron chi connectivity index (χ2n) is 5.89. The highest BCUT2D eigenvalue weighted by Gasteiger charge is 2.15. The molecule has 1 saturated heterocycles. The molecule has 3 heteroatoms. The predicted octanol–water partition coefficient (Wildman–Crippen LogP) is 3.56. The van der Waals surface area contributed by atoms with Gasteiger partial charge in [-0.25, -0.2) is 0 Å². The van der Waals surface area contributed by atoms with Gasteiger partial charge >= 0.3 is 0 Å². The van der Waals surface area contributed by atoms with Crippen molar-refractivity contribution in [1.29, 1.82) is 0 Å². The van der Waals surface area contributed by atoms with Crippen LogP contribution in [0.15, 0.2) is 24.5 Å². The van der Waals surface area contributed by atoms with Gasteiger partial charge in [0, 0.05) is 12.2 Å². The smallest absolute Gasteiger partial charge is 0.138 e. The van der Waals surface area contributed by atoms with E-state index in [9.17, 15) is 0 Å². The van der Waals surface area contributed by atoms with E-state index in [0.717, 1.165) is 17.9 Å². The molecule has 1 saturated carbocycles. The van der Waals surface area contributed by atoms with Crippen molar-refractivity contribution >= 4 is 6.08 Å². The number of rotatable bonds is 4. The molecule has 20 heavy (non-hydrogen) atoms. The normalized spacial score (nSPS) is 24.3. The van der Waals surface area contributed by atoms with Gasteiger partial charge in [0.2, 0.25) is 0 Å². The number of aromatic nitrogens is 1. The van der Waals surface area contributed by atoms with E-state index in [2.05, 4.69) is 28.5 Å². The van der Waals surface area contributed by atoms with Gasteiger partial charge in [0.05, 0.1) is 12.3 Å². The van der Waals surface area contributed by atoms with Gasteiger partial charge in [0.15, 0.2) is 0 Å². The summed E-state index contributed by atoms with van der Waals surface area (Å²) in [6.45, 7) is 1.14. The molecule has 1 N–H and O–H groups in total. The summed E-state index contributed by atoms with van der Waals surface area (Å²) in [6.07, 6.45) is 17.4. The molecule has 1 aromatic heterocycles. The van der Waals surface area contributed by atoms with Crippen LogP contribution in [-0.2, 0) is 0 Å². The van der Waals surface area contributed by atoms with Crippen LogP contribution in [0.25, 0.3) is 6.08 Å². The molecular weight excluding hydrogens is 248 g/mol. The molecule has 1 aliphatic heterocycles. The van der Waals surface area contributed by atoms with Crippen molar-refractivity contribution in [1.82, 2.24) is 10.3 Å². The average molecular weight is 272 g/mol. The molecule has 0 bridgehead atoms. The minimum Gasteiger partial charge on any atom is -0.489 e. The number of nitrogens with one attached hydrogen (secondary N) is 1. The van der Waals surface area contributed by atoms with E-state index in [1.54, 1.807) is 0 Å². The fraction of sp³-hybridized carbons (Fsp3) is 0.588. The van der Waals surface area contributed by atoms with Crippen LogP contribution in [0.2, 0.25) is 0 Å². The van der Waals surface area contributed by atoms with Gasteiger partial charge in [-0.15, -0.1) is 0 Å². The summed E-state index contributed by atoms with van der Waals surface area (Å²) in [4.78, 5) is 4.30. The summed E-state index contributed by atoms with van der Waals surface area (Å²) in [5, 5.41) is 3.47. The Morgan fingerprint density at radius 2 is 2.00 bits per heavy atom. The second kappa shape index (κ2) is 6.89. The Bertz CT molecular complexity index is 446. The fourth-order valence-electron chi connectivity index (χ4n) is 3.07. The quantitative estimate of drug-likeness (QED) is 0.910. The van der Waals surface area contributed by atoms with Crippen molar-refractivity contribution in [2.45, 2.75) is 57.1 Å². The summed E-state index contributed by atoms with van der Waals surface area (Å²) >= 11 is 0. The van der Waals surface area contributed by atoms with Gasteiger partial charge in [-0.3, -0.25) is 4.98 Å². The first-order chi connectivity index (χ1) is 9.90. The van der Waals surface area contributed by atoms with E-state index in [1.165, 1.54) is 44.9 Å². The van der Waals surface area contributed by atoms with Gasteiger partial charge < -0.3 is 10.1 Å². The summed E-state index contributed by atoms with van der Waals surface area (Å²) in [5.74, 6) is 0.915. The zero-order chi connectivity index (χ0) is 13.6. The Kier molecular flexibility index (Phi) is 4.69. The fourth-order valence-corrected chi connectivity index (χ4v) is 3.07. The highest BCUT2D eigenvalue weighted by molar-refractivity contribution is 5.50. The third-order valence-corrected chi connectivity index (χ3v) is 4.21. The molecule has 2 fully saturated rings. The van der Waals surface area contributed by atoms with E-state index in [1.807, 2.05) is 12.4 Å². The maximum Gasteiger partial charge on any atom is 0.138 e. The van der Waals surface area contributed by atoms with Crippen LogP contribution in [-0.4, -0.2) is 23.7 Å². The average Bonchev–Trinajstić information content (AvgIpc) is 3.00. The van der Waals surface area contributed by atoms with Crippen LogP contribution in [0.3, 0.4) is 0 Å². The molecule has 3 rings (SSSR count). The number of hydrogen-bond donors (Lipinski definition) is 1. The van der Waals surface area contributed by atoms with Gasteiger partial charge in [-0.05, 0) is 56.7 Å². The molecule has 0 aromatic carbocycles. The monoisotopic (exact) mass is 272 g/mol. The maximum atomic E-state index is 6.06. The Morgan fingerprint density at radius 1 is 1.10 bits per heavy atom. The zero-order valence-corrected chi connectivity index (χ0v) is 12.1. The molecule has 3 nitrogen and oxygen atoms in total. The predicted molar refractivity (Wildman–Crippen MR) is 81.8 cm³/mol. The van der Waals surface area contributed by atoms with Crippen molar-refractivity contribution < 1.29 is 4.74 Å². The molecule has 0 spiro atoms. The van der Waals surface area contributed by atoms with E-state index in [0.29, 0.717) is 12.1 Å². The number of hydrogen-bond acceptors (Lipinski definition) is 3. The first kappa shape index (κ1) is 13.6. The van der Waals surface area contributed by atoms with Crippen LogP contribution in [0, 0.1) is 0 Å². The van der Waals surface area contributed by atoms with Crippen LogP contribution >= 0.6 is 0 Å². The molecule has 0 unspecified atom stereocenters. The van der Waals surface area contributed by atoms with Crippen molar-refractivity contribution in [3.05, 3.63) is 30.1 Å². The third-order valence-electron chi connectivity index (χ3n) is 4.21.